The van der Waals surface area contributed by atoms with Gasteiger partial charge < -0.3 is 5.32 Å². The molecule has 1 rings (SSSR count). The van der Waals surface area contributed by atoms with Gasteiger partial charge in [-0.15, -0.1) is 0 Å². The maximum atomic E-state index is 3.35. The first-order valence-corrected chi connectivity index (χ1v) is 6.21. The fourth-order valence-corrected chi connectivity index (χ4v) is 3.01. The molecule has 0 bridgehead atoms. The molecule has 1 heteroatoms. The van der Waals surface area contributed by atoms with Crippen LogP contribution >= 0.6 is 0 Å². The molecule has 0 aromatic carbocycles. The third-order valence-electron chi connectivity index (χ3n) is 3.67. The molecule has 1 saturated carbocycles. The second-order valence-corrected chi connectivity index (χ2v) is 5.91. The normalized spacial score (nSPS) is 21.4. The summed E-state index contributed by atoms with van der Waals surface area (Å²) in [6.45, 7) is 7.15. The number of rotatable bonds is 5. The highest BCUT2D eigenvalue weighted by Crippen LogP contribution is 2.37. The van der Waals surface area contributed by atoms with E-state index in [1.807, 2.05) is 0 Å². The molecule has 0 saturated heterocycles. The molecule has 0 aliphatic heterocycles. The first-order valence-electron chi connectivity index (χ1n) is 6.21. The SMILES string of the molecule is CNC(C)CC(C)(C)CC1CCCC1. The van der Waals surface area contributed by atoms with Gasteiger partial charge in [0.15, 0.2) is 0 Å². The summed E-state index contributed by atoms with van der Waals surface area (Å²) in [7, 11) is 2.07. The van der Waals surface area contributed by atoms with Crippen LogP contribution in [-0.4, -0.2) is 13.1 Å². The number of nitrogens with one attached hydrogen (secondary N) is 1. The Balaban J connectivity index is 2.31. The summed E-state index contributed by atoms with van der Waals surface area (Å²) in [5, 5.41) is 3.35. The molecule has 1 aliphatic rings. The minimum absolute atomic E-state index is 0.525. The van der Waals surface area contributed by atoms with Gasteiger partial charge in [0, 0.05) is 6.04 Å². The lowest BCUT2D eigenvalue weighted by atomic mass is 9.77. The largest absolute Gasteiger partial charge is 0.317 e. The molecule has 14 heavy (non-hydrogen) atoms. The van der Waals surface area contributed by atoms with E-state index < -0.39 is 0 Å². The van der Waals surface area contributed by atoms with Crippen molar-refractivity contribution in [1.82, 2.24) is 5.32 Å². The third-order valence-corrected chi connectivity index (χ3v) is 3.67. The molecule has 0 aromatic heterocycles. The van der Waals surface area contributed by atoms with Crippen LogP contribution in [0.2, 0.25) is 0 Å². The second-order valence-electron chi connectivity index (χ2n) is 5.91. The number of hydrogen-bond donors (Lipinski definition) is 1. The summed E-state index contributed by atoms with van der Waals surface area (Å²) < 4.78 is 0. The van der Waals surface area contributed by atoms with Crippen molar-refractivity contribution in [3.63, 3.8) is 0 Å². The summed E-state index contributed by atoms with van der Waals surface area (Å²) in [6.07, 6.45) is 8.65. The van der Waals surface area contributed by atoms with Gasteiger partial charge in [-0.2, -0.15) is 0 Å². The Morgan fingerprint density at radius 2 is 1.86 bits per heavy atom. The lowest BCUT2D eigenvalue weighted by molar-refractivity contribution is 0.227. The average molecular weight is 197 g/mol. The fraction of sp³-hybridized carbons (Fsp3) is 1.00. The van der Waals surface area contributed by atoms with E-state index in [2.05, 4.69) is 33.1 Å². The molecule has 0 spiro atoms. The topological polar surface area (TPSA) is 12.0 Å². The van der Waals surface area contributed by atoms with Crippen LogP contribution in [0.1, 0.15) is 59.3 Å². The van der Waals surface area contributed by atoms with Gasteiger partial charge in [0.2, 0.25) is 0 Å². The van der Waals surface area contributed by atoms with Crippen LogP contribution in [0.25, 0.3) is 0 Å². The fourth-order valence-electron chi connectivity index (χ4n) is 3.01. The molecule has 1 aliphatic carbocycles. The standard InChI is InChI=1S/C13H27N/c1-11(14-4)9-13(2,3)10-12-7-5-6-8-12/h11-12,14H,5-10H2,1-4H3. The van der Waals surface area contributed by atoms with Crippen LogP contribution in [0, 0.1) is 11.3 Å². The van der Waals surface area contributed by atoms with Crippen molar-refractivity contribution < 1.29 is 0 Å². The van der Waals surface area contributed by atoms with E-state index in [4.69, 9.17) is 0 Å². The van der Waals surface area contributed by atoms with Gasteiger partial charge in [0.25, 0.3) is 0 Å². The summed E-state index contributed by atoms with van der Waals surface area (Å²) >= 11 is 0. The van der Waals surface area contributed by atoms with Gasteiger partial charge in [-0.1, -0.05) is 39.5 Å². The molecule has 0 aromatic rings. The predicted molar refractivity (Wildman–Crippen MR) is 63.5 cm³/mol. The highest BCUT2D eigenvalue weighted by Gasteiger charge is 2.26. The Morgan fingerprint density at radius 3 is 2.36 bits per heavy atom. The lowest BCUT2D eigenvalue weighted by Gasteiger charge is -2.30. The van der Waals surface area contributed by atoms with Crippen LogP contribution in [0.15, 0.2) is 0 Å². The summed E-state index contributed by atoms with van der Waals surface area (Å²) in [5.41, 5.74) is 0.525. The van der Waals surface area contributed by atoms with Gasteiger partial charge in [0.1, 0.15) is 0 Å². The monoisotopic (exact) mass is 197 g/mol. The van der Waals surface area contributed by atoms with Crippen LogP contribution < -0.4 is 5.32 Å². The van der Waals surface area contributed by atoms with Crippen LogP contribution in [0.4, 0.5) is 0 Å². The summed E-state index contributed by atoms with van der Waals surface area (Å²) in [6, 6.07) is 0.659. The van der Waals surface area contributed by atoms with Crippen LogP contribution in [0.3, 0.4) is 0 Å². The third kappa shape index (κ3) is 4.00. The van der Waals surface area contributed by atoms with Gasteiger partial charge in [-0.25, -0.2) is 0 Å². The molecule has 84 valence electrons. The molecule has 0 heterocycles. The van der Waals surface area contributed by atoms with E-state index >= 15 is 0 Å². The van der Waals surface area contributed by atoms with Crippen molar-refractivity contribution in [2.75, 3.05) is 7.05 Å². The summed E-state index contributed by atoms with van der Waals surface area (Å²) in [5.74, 6) is 1.02. The Labute approximate surface area is 89.7 Å². The molecule has 0 amide bonds. The predicted octanol–water partition coefficient (Wildman–Crippen LogP) is 3.59. The smallest absolute Gasteiger partial charge is 0.00408 e. The van der Waals surface area contributed by atoms with E-state index in [0.29, 0.717) is 11.5 Å². The number of hydrogen-bond acceptors (Lipinski definition) is 1. The van der Waals surface area contributed by atoms with Gasteiger partial charge >= 0.3 is 0 Å². The van der Waals surface area contributed by atoms with E-state index in [1.54, 1.807) is 0 Å². The van der Waals surface area contributed by atoms with Crippen molar-refractivity contribution in [2.24, 2.45) is 11.3 Å². The molecule has 1 fully saturated rings. The van der Waals surface area contributed by atoms with Gasteiger partial charge in [-0.3, -0.25) is 0 Å². The van der Waals surface area contributed by atoms with Crippen LogP contribution in [0.5, 0.6) is 0 Å². The second kappa shape index (κ2) is 5.16. The van der Waals surface area contributed by atoms with E-state index in [9.17, 15) is 0 Å². The van der Waals surface area contributed by atoms with E-state index in [1.165, 1.54) is 38.5 Å². The maximum absolute atomic E-state index is 3.35. The van der Waals surface area contributed by atoms with Gasteiger partial charge in [-0.05, 0) is 38.1 Å². The van der Waals surface area contributed by atoms with E-state index in [0.717, 1.165) is 5.92 Å². The minimum atomic E-state index is 0.525. The molecular formula is C13H27N. The minimum Gasteiger partial charge on any atom is -0.317 e. The van der Waals surface area contributed by atoms with E-state index in [-0.39, 0.29) is 0 Å². The molecule has 1 nitrogen and oxygen atoms in total. The van der Waals surface area contributed by atoms with Crippen molar-refractivity contribution in [2.45, 2.75) is 65.3 Å². The van der Waals surface area contributed by atoms with Crippen molar-refractivity contribution in [1.29, 1.82) is 0 Å². The Bertz CT molecular complexity index is 157. The first-order chi connectivity index (χ1) is 6.53. The molecule has 1 N–H and O–H groups in total. The molecular weight excluding hydrogens is 170 g/mol. The maximum Gasteiger partial charge on any atom is 0.00408 e. The zero-order chi connectivity index (χ0) is 10.6. The van der Waals surface area contributed by atoms with Crippen LogP contribution in [-0.2, 0) is 0 Å². The Hall–Kier alpha value is -0.0400. The highest BCUT2D eigenvalue weighted by atomic mass is 14.9. The quantitative estimate of drug-likeness (QED) is 0.710. The van der Waals surface area contributed by atoms with Crippen molar-refractivity contribution in [3.05, 3.63) is 0 Å². The van der Waals surface area contributed by atoms with Crippen molar-refractivity contribution in [3.8, 4) is 0 Å². The lowest BCUT2D eigenvalue weighted by Crippen LogP contribution is -2.29. The Kier molecular flexibility index (Phi) is 4.43. The summed E-state index contributed by atoms with van der Waals surface area (Å²) in [4.78, 5) is 0. The highest BCUT2D eigenvalue weighted by molar-refractivity contribution is 4.79. The first kappa shape index (κ1) is 12.0. The molecule has 0 radical (unpaired) electrons. The molecule has 1 unspecified atom stereocenters. The zero-order valence-electron chi connectivity index (χ0n) is 10.4. The molecule has 1 atom stereocenters. The van der Waals surface area contributed by atoms with Crippen molar-refractivity contribution >= 4 is 0 Å². The average Bonchev–Trinajstić information content (AvgIpc) is 2.54. The van der Waals surface area contributed by atoms with Gasteiger partial charge in [0.05, 0.1) is 0 Å². The Morgan fingerprint density at radius 1 is 1.29 bits per heavy atom. The zero-order valence-corrected chi connectivity index (χ0v) is 10.4.